The molecule has 94 valence electrons. The average Bonchev–Trinajstić information content (AvgIpc) is 2.14. The lowest BCUT2D eigenvalue weighted by molar-refractivity contribution is 0.368. The van der Waals surface area contributed by atoms with Gasteiger partial charge in [0.15, 0.2) is 0 Å². The second-order valence-electron chi connectivity index (χ2n) is 3.61. The zero-order valence-electron chi connectivity index (χ0n) is 9.60. The van der Waals surface area contributed by atoms with Crippen LogP contribution in [0.1, 0.15) is 26.7 Å². The second-order valence-corrected chi connectivity index (χ2v) is 3.61. The molecule has 0 aliphatic carbocycles. The van der Waals surface area contributed by atoms with E-state index in [0.717, 1.165) is 6.54 Å². The van der Waals surface area contributed by atoms with Crippen LogP contribution < -0.4 is 0 Å². The number of hydrogen-bond acceptors (Lipinski definition) is 1. The highest BCUT2D eigenvalue weighted by molar-refractivity contribution is 6.50. The van der Waals surface area contributed by atoms with E-state index in [2.05, 4.69) is 37.1 Å². The third-order valence-electron chi connectivity index (χ3n) is 1.99. The van der Waals surface area contributed by atoms with Crippen LogP contribution in [0.4, 0.5) is 17.3 Å². The topological polar surface area (TPSA) is 3.24 Å². The number of nitrogens with zero attached hydrogens (tertiary/aromatic N) is 1. The fourth-order valence-corrected chi connectivity index (χ4v) is 1.14. The fourth-order valence-electron chi connectivity index (χ4n) is 1.14. The second kappa shape index (κ2) is 7.36. The van der Waals surface area contributed by atoms with Gasteiger partial charge in [0, 0.05) is 13.1 Å². The summed E-state index contributed by atoms with van der Waals surface area (Å²) in [6.07, 6.45) is 9.24. The normalized spacial score (nSPS) is 15.4. The molecule has 0 radical (unpaired) electrons. The smallest absolute Gasteiger partial charge is 0.418 e. The van der Waals surface area contributed by atoms with E-state index in [4.69, 9.17) is 0 Å². The van der Waals surface area contributed by atoms with Crippen LogP contribution in [-0.4, -0.2) is 25.2 Å². The number of rotatable bonds is 3. The number of hydrogen-bond donors (Lipinski definition) is 0. The molecule has 0 N–H and O–H groups in total. The summed E-state index contributed by atoms with van der Waals surface area (Å²) < 4.78 is 39.0. The molecule has 0 atom stereocenters. The molecule has 1 aliphatic rings. The molecule has 0 aromatic heterocycles. The standard InChI is InChI=1S/C10H17N.BF4/c1-3-4-7-11-8-5-10(2)6-9-11;2-1(3,4)5/h5-6,8H,3-4,7,9H2,1-2H3;/q;-1. The molecule has 6 heteroatoms. The van der Waals surface area contributed by atoms with E-state index in [9.17, 15) is 17.3 Å². The summed E-state index contributed by atoms with van der Waals surface area (Å²) in [6, 6.07) is 0. The van der Waals surface area contributed by atoms with Crippen molar-refractivity contribution in [3.8, 4) is 0 Å². The quantitative estimate of drug-likeness (QED) is 0.533. The maximum Gasteiger partial charge on any atom is 0.673 e. The number of halogens is 4. The van der Waals surface area contributed by atoms with Gasteiger partial charge in [0.05, 0.1) is 0 Å². The largest absolute Gasteiger partial charge is 0.673 e. The van der Waals surface area contributed by atoms with E-state index < -0.39 is 7.25 Å². The van der Waals surface area contributed by atoms with Gasteiger partial charge in [0.2, 0.25) is 0 Å². The predicted octanol–water partition coefficient (Wildman–Crippen LogP) is 3.86. The van der Waals surface area contributed by atoms with Crippen molar-refractivity contribution in [1.29, 1.82) is 0 Å². The van der Waals surface area contributed by atoms with Gasteiger partial charge < -0.3 is 22.2 Å². The van der Waals surface area contributed by atoms with Gasteiger partial charge in [-0.1, -0.05) is 25.0 Å². The number of allylic oxidation sites excluding steroid dienone is 2. The molecular weight excluding hydrogens is 221 g/mol. The minimum Gasteiger partial charge on any atom is -0.418 e. The van der Waals surface area contributed by atoms with Gasteiger partial charge in [0.25, 0.3) is 0 Å². The highest BCUT2D eigenvalue weighted by Gasteiger charge is 2.20. The average molecular weight is 238 g/mol. The zero-order valence-corrected chi connectivity index (χ0v) is 9.60. The lowest BCUT2D eigenvalue weighted by Crippen LogP contribution is -2.20. The van der Waals surface area contributed by atoms with Gasteiger partial charge in [-0.15, -0.1) is 0 Å². The van der Waals surface area contributed by atoms with Crippen LogP contribution in [-0.2, 0) is 0 Å². The fraction of sp³-hybridized carbons (Fsp3) is 0.600. The third kappa shape index (κ3) is 11.1. The van der Waals surface area contributed by atoms with Gasteiger partial charge in [-0.25, -0.2) is 0 Å². The van der Waals surface area contributed by atoms with Crippen LogP contribution in [0.3, 0.4) is 0 Å². The molecule has 0 saturated heterocycles. The van der Waals surface area contributed by atoms with Crippen LogP contribution in [0.2, 0.25) is 0 Å². The van der Waals surface area contributed by atoms with Crippen molar-refractivity contribution in [1.82, 2.24) is 4.90 Å². The van der Waals surface area contributed by atoms with Crippen molar-refractivity contribution < 1.29 is 17.3 Å². The first-order valence-corrected chi connectivity index (χ1v) is 5.29. The van der Waals surface area contributed by atoms with Gasteiger partial charge in [-0.05, 0) is 25.6 Å². The highest BCUT2D eigenvalue weighted by atomic mass is 19.5. The monoisotopic (exact) mass is 238 g/mol. The van der Waals surface area contributed by atoms with Crippen LogP contribution in [0.25, 0.3) is 0 Å². The van der Waals surface area contributed by atoms with E-state index in [1.165, 1.54) is 25.0 Å². The van der Waals surface area contributed by atoms with E-state index in [-0.39, 0.29) is 0 Å². The molecular formula is C10H17BF4N-. The van der Waals surface area contributed by atoms with Crippen LogP contribution in [0.15, 0.2) is 23.9 Å². The summed E-state index contributed by atoms with van der Waals surface area (Å²) in [4.78, 5) is 2.36. The Morgan fingerprint density at radius 2 is 1.88 bits per heavy atom. The summed E-state index contributed by atoms with van der Waals surface area (Å²) in [5.74, 6) is 0. The molecule has 0 amide bonds. The molecule has 1 rings (SSSR count). The van der Waals surface area contributed by atoms with Crippen molar-refractivity contribution in [2.24, 2.45) is 0 Å². The summed E-state index contributed by atoms with van der Waals surface area (Å²) in [6.45, 7) is 6.68. The van der Waals surface area contributed by atoms with Crippen molar-refractivity contribution in [2.45, 2.75) is 26.7 Å². The van der Waals surface area contributed by atoms with Gasteiger partial charge >= 0.3 is 7.25 Å². The highest BCUT2D eigenvalue weighted by Crippen LogP contribution is 2.07. The first kappa shape index (κ1) is 15.1. The maximum atomic E-state index is 9.75. The summed E-state index contributed by atoms with van der Waals surface area (Å²) in [5, 5.41) is 0. The van der Waals surface area contributed by atoms with Crippen LogP contribution in [0, 0.1) is 0 Å². The lowest BCUT2D eigenvalue weighted by atomic mass is 10.2. The summed E-state index contributed by atoms with van der Waals surface area (Å²) >= 11 is 0. The third-order valence-corrected chi connectivity index (χ3v) is 1.99. The Labute approximate surface area is 93.9 Å². The molecule has 0 aromatic carbocycles. The molecule has 16 heavy (non-hydrogen) atoms. The molecule has 0 aromatic rings. The van der Waals surface area contributed by atoms with E-state index in [0.29, 0.717) is 0 Å². The molecule has 0 unspecified atom stereocenters. The Morgan fingerprint density at radius 1 is 1.31 bits per heavy atom. The Hall–Kier alpha value is -0.935. The molecule has 0 spiro atoms. The zero-order chi connectivity index (χ0) is 12.6. The van der Waals surface area contributed by atoms with Crippen LogP contribution >= 0.6 is 0 Å². The van der Waals surface area contributed by atoms with E-state index in [1.807, 2.05) is 0 Å². The minimum atomic E-state index is -6.00. The molecule has 1 aliphatic heterocycles. The number of unbranched alkanes of at least 4 members (excludes halogenated alkanes) is 1. The first-order chi connectivity index (χ1) is 7.33. The van der Waals surface area contributed by atoms with Gasteiger partial charge in [0.1, 0.15) is 0 Å². The van der Waals surface area contributed by atoms with Gasteiger partial charge in [-0.3, -0.25) is 0 Å². The molecule has 0 saturated carbocycles. The SMILES string of the molecule is CCCCN1C=CC(C)=CC1.F[B-](F)(F)F. The maximum absolute atomic E-state index is 9.75. The van der Waals surface area contributed by atoms with Crippen LogP contribution in [0.5, 0.6) is 0 Å². The summed E-state index contributed by atoms with van der Waals surface area (Å²) in [7, 11) is -6.00. The van der Waals surface area contributed by atoms with Crippen molar-refractivity contribution >= 4 is 7.25 Å². The van der Waals surface area contributed by atoms with Crippen molar-refractivity contribution in [3.05, 3.63) is 23.9 Å². The van der Waals surface area contributed by atoms with Crippen molar-refractivity contribution in [2.75, 3.05) is 13.1 Å². The Bertz CT molecular complexity index is 242. The lowest BCUT2D eigenvalue weighted by Gasteiger charge is -2.21. The molecule has 0 fully saturated rings. The summed E-state index contributed by atoms with van der Waals surface area (Å²) in [5.41, 5.74) is 1.39. The van der Waals surface area contributed by atoms with Crippen molar-refractivity contribution in [3.63, 3.8) is 0 Å². The first-order valence-electron chi connectivity index (χ1n) is 5.29. The molecule has 1 nitrogen and oxygen atoms in total. The molecule has 0 bridgehead atoms. The molecule has 1 heterocycles. The Balaban J connectivity index is 0.000000385. The minimum absolute atomic E-state index is 1.10. The Kier molecular flexibility index (Phi) is 6.93. The van der Waals surface area contributed by atoms with E-state index in [1.54, 1.807) is 0 Å². The van der Waals surface area contributed by atoms with Gasteiger partial charge in [-0.2, -0.15) is 0 Å². The Morgan fingerprint density at radius 3 is 2.25 bits per heavy atom. The van der Waals surface area contributed by atoms with E-state index >= 15 is 0 Å². The predicted molar refractivity (Wildman–Crippen MR) is 59.6 cm³/mol.